The molecule has 1 aromatic rings. The Kier molecular flexibility index (Phi) is 2.46. The number of allylic oxidation sites excluding steroid dienone is 2. The highest BCUT2D eigenvalue weighted by molar-refractivity contribution is 6.02. The van der Waals surface area contributed by atoms with Crippen molar-refractivity contribution < 1.29 is 14.0 Å². The summed E-state index contributed by atoms with van der Waals surface area (Å²) >= 11 is 0. The minimum atomic E-state index is -0.301. The number of Topliss-reactive ketones (excluding diaryl/α,β-unsaturated/α-hetero) is 1. The van der Waals surface area contributed by atoms with Crippen molar-refractivity contribution in [2.75, 3.05) is 0 Å². The van der Waals surface area contributed by atoms with Gasteiger partial charge in [-0.25, -0.2) is 0 Å². The zero-order valence-corrected chi connectivity index (χ0v) is 11.3. The molecule has 0 aliphatic heterocycles. The third-order valence-electron chi connectivity index (χ3n) is 4.52. The Bertz CT molecular complexity index is 581. The molecule has 4 heteroatoms. The van der Waals surface area contributed by atoms with Crippen molar-refractivity contribution in [3.8, 4) is 0 Å². The summed E-state index contributed by atoms with van der Waals surface area (Å²) in [6.45, 7) is 6.15. The van der Waals surface area contributed by atoms with E-state index in [1.807, 2.05) is 0 Å². The average Bonchev–Trinajstić information content (AvgIpc) is 2.82. The van der Waals surface area contributed by atoms with Gasteiger partial charge in [0.15, 0.2) is 11.5 Å². The van der Waals surface area contributed by atoms with Crippen LogP contribution in [0.2, 0.25) is 0 Å². The summed E-state index contributed by atoms with van der Waals surface area (Å²) in [5, 5.41) is 2.78. The largest absolute Gasteiger partial charge is 0.459 e. The number of carbonyl (C=O) groups is 2. The average molecular weight is 259 g/mol. The zero-order chi connectivity index (χ0) is 13.8. The van der Waals surface area contributed by atoms with Crippen LogP contribution in [0, 0.1) is 17.3 Å². The van der Waals surface area contributed by atoms with Crippen LogP contribution in [-0.4, -0.2) is 11.7 Å². The fourth-order valence-corrected chi connectivity index (χ4v) is 3.33. The maximum Gasteiger partial charge on any atom is 0.291 e. The molecule has 4 nitrogen and oxygen atoms in total. The second-order valence-corrected chi connectivity index (χ2v) is 6.00. The second-order valence-electron chi connectivity index (χ2n) is 6.00. The lowest BCUT2D eigenvalue weighted by atomic mass is 9.95. The van der Waals surface area contributed by atoms with E-state index in [1.54, 1.807) is 19.1 Å². The molecule has 1 N–H and O–H groups in total. The molecule has 0 aromatic carbocycles. The standard InChI is InChI=1S/C15H17NO3/c1-8(16-14(18)11-5-4-6-19-11)12-10(17)7-9-13(12)15(9,2)3/h4-6,9,13H,7H2,1-3H3,(H,16,18)/t9-,13+/m1/s1. The van der Waals surface area contributed by atoms with E-state index in [0.29, 0.717) is 24.0 Å². The fraction of sp³-hybridized carbons (Fsp3) is 0.467. The van der Waals surface area contributed by atoms with E-state index >= 15 is 0 Å². The number of carbonyl (C=O) groups excluding carboxylic acids is 2. The highest BCUT2D eigenvalue weighted by Gasteiger charge is 2.65. The van der Waals surface area contributed by atoms with E-state index in [1.165, 1.54) is 6.26 Å². The Balaban J connectivity index is 1.83. The molecule has 2 atom stereocenters. The Morgan fingerprint density at radius 1 is 1.47 bits per heavy atom. The number of rotatable bonds is 2. The molecule has 1 heterocycles. The topological polar surface area (TPSA) is 59.3 Å². The molecule has 2 aliphatic rings. The van der Waals surface area contributed by atoms with Crippen LogP contribution in [0.3, 0.4) is 0 Å². The summed E-state index contributed by atoms with van der Waals surface area (Å²) in [5.41, 5.74) is 1.67. The minimum Gasteiger partial charge on any atom is -0.459 e. The fourth-order valence-electron chi connectivity index (χ4n) is 3.33. The van der Waals surface area contributed by atoms with E-state index in [4.69, 9.17) is 4.42 Å². The van der Waals surface area contributed by atoms with Gasteiger partial charge in [-0.15, -0.1) is 0 Å². The number of furan rings is 1. The van der Waals surface area contributed by atoms with Gasteiger partial charge >= 0.3 is 0 Å². The smallest absolute Gasteiger partial charge is 0.291 e. The quantitative estimate of drug-likeness (QED) is 0.830. The van der Waals surface area contributed by atoms with Gasteiger partial charge in [0.1, 0.15) is 0 Å². The first-order valence-corrected chi connectivity index (χ1v) is 6.51. The van der Waals surface area contributed by atoms with Crippen LogP contribution in [0.15, 0.2) is 34.1 Å². The van der Waals surface area contributed by atoms with Crippen molar-refractivity contribution in [1.29, 1.82) is 0 Å². The van der Waals surface area contributed by atoms with E-state index in [9.17, 15) is 9.59 Å². The first kappa shape index (κ1) is 12.2. The number of hydrogen-bond acceptors (Lipinski definition) is 3. The third-order valence-corrected chi connectivity index (χ3v) is 4.52. The summed E-state index contributed by atoms with van der Waals surface area (Å²) in [7, 11) is 0. The van der Waals surface area contributed by atoms with Gasteiger partial charge in [-0.3, -0.25) is 9.59 Å². The Morgan fingerprint density at radius 3 is 2.79 bits per heavy atom. The van der Waals surface area contributed by atoms with E-state index < -0.39 is 0 Å². The monoisotopic (exact) mass is 259 g/mol. The second kappa shape index (κ2) is 3.83. The molecule has 2 fully saturated rings. The zero-order valence-electron chi connectivity index (χ0n) is 11.3. The normalized spacial score (nSPS) is 29.9. The molecule has 0 saturated heterocycles. The lowest BCUT2D eigenvalue weighted by Crippen LogP contribution is -2.24. The SMILES string of the molecule is CC(NC(=O)c1ccco1)=C1C(=O)C[C@@H]2[C@@H]1C2(C)C. The highest BCUT2D eigenvalue weighted by Crippen LogP contribution is 2.68. The van der Waals surface area contributed by atoms with Crippen LogP contribution in [0.25, 0.3) is 0 Å². The highest BCUT2D eigenvalue weighted by atomic mass is 16.3. The molecule has 0 bridgehead atoms. The molecule has 3 rings (SSSR count). The van der Waals surface area contributed by atoms with Gasteiger partial charge in [-0.1, -0.05) is 13.8 Å². The van der Waals surface area contributed by atoms with Gasteiger partial charge in [0.05, 0.1) is 6.26 Å². The predicted molar refractivity (Wildman–Crippen MR) is 69.3 cm³/mol. The molecule has 2 saturated carbocycles. The van der Waals surface area contributed by atoms with Crippen LogP contribution in [0.4, 0.5) is 0 Å². The van der Waals surface area contributed by atoms with Crippen LogP contribution in [-0.2, 0) is 4.79 Å². The minimum absolute atomic E-state index is 0.173. The van der Waals surface area contributed by atoms with Crippen LogP contribution < -0.4 is 5.32 Å². The molecule has 0 spiro atoms. The van der Waals surface area contributed by atoms with E-state index in [0.717, 1.165) is 5.57 Å². The number of fused-ring (bicyclic) bond motifs is 1. The molecule has 100 valence electrons. The van der Waals surface area contributed by atoms with E-state index in [2.05, 4.69) is 19.2 Å². The maximum absolute atomic E-state index is 12.0. The Hall–Kier alpha value is -1.84. The molecular formula is C15H17NO3. The number of amides is 1. The maximum atomic E-state index is 12.0. The van der Waals surface area contributed by atoms with Gasteiger partial charge in [0, 0.05) is 17.7 Å². The summed E-state index contributed by atoms with van der Waals surface area (Å²) in [4.78, 5) is 23.9. The first-order valence-electron chi connectivity index (χ1n) is 6.51. The van der Waals surface area contributed by atoms with Crippen molar-refractivity contribution in [2.24, 2.45) is 17.3 Å². The van der Waals surface area contributed by atoms with Crippen molar-refractivity contribution >= 4 is 11.7 Å². The number of hydrogen-bond donors (Lipinski definition) is 1. The van der Waals surface area contributed by atoms with E-state index in [-0.39, 0.29) is 22.9 Å². The van der Waals surface area contributed by atoms with Gasteiger partial charge in [-0.2, -0.15) is 0 Å². The van der Waals surface area contributed by atoms with Crippen molar-refractivity contribution in [1.82, 2.24) is 5.32 Å². The van der Waals surface area contributed by atoms with Crippen molar-refractivity contribution in [2.45, 2.75) is 27.2 Å². The first-order chi connectivity index (χ1) is 8.93. The third kappa shape index (κ3) is 1.74. The Labute approximate surface area is 111 Å². The van der Waals surface area contributed by atoms with Crippen molar-refractivity contribution in [3.63, 3.8) is 0 Å². The summed E-state index contributed by atoms with van der Waals surface area (Å²) in [6.07, 6.45) is 2.07. The van der Waals surface area contributed by atoms with Crippen LogP contribution in [0.5, 0.6) is 0 Å². The summed E-state index contributed by atoms with van der Waals surface area (Å²) in [5.74, 6) is 0.885. The van der Waals surface area contributed by atoms with Crippen LogP contribution in [0.1, 0.15) is 37.7 Å². The van der Waals surface area contributed by atoms with Crippen molar-refractivity contribution in [3.05, 3.63) is 35.4 Å². The van der Waals surface area contributed by atoms with Gasteiger partial charge in [-0.05, 0) is 36.3 Å². The molecular weight excluding hydrogens is 242 g/mol. The molecule has 1 aromatic heterocycles. The lowest BCUT2D eigenvalue weighted by Gasteiger charge is -2.13. The summed E-state index contributed by atoms with van der Waals surface area (Å²) < 4.78 is 5.04. The van der Waals surface area contributed by atoms with Gasteiger partial charge < -0.3 is 9.73 Å². The molecule has 1 amide bonds. The molecule has 19 heavy (non-hydrogen) atoms. The molecule has 0 radical (unpaired) electrons. The number of nitrogens with one attached hydrogen (secondary N) is 1. The predicted octanol–water partition coefficient (Wildman–Crippen LogP) is 2.53. The van der Waals surface area contributed by atoms with Crippen LogP contribution >= 0.6 is 0 Å². The summed E-state index contributed by atoms with van der Waals surface area (Å²) in [6, 6.07) is 3.27. The van der Waals surface area contributed by atoms with Gasteiger partial charge in [0.25, 0.3) is 5.91 Å². The lowest BCUT2D eigenvalue weighted by molar-refractivity contribution is -0.115. The Morgan fingerprint density at radius 2 is 2.21 bits per heavy atom. The molecule has 0 unspecified atom stereocenters. The number of ketones is 1. The van der Waals surface area contributed by atoms with Gasteiger partial charge in [0.2, 0.25) is 0 Å². The molecule has 2 aliphatic carbocycles.